The van der Waals surface area contributed by atoms with Crippen LogP contribution in [0.25, 0.3) is 10.1 Å². The van der Waals surface area contributed by atoms with Gasteiger partial charge in [0.05, 0.1) is 18.0 Å². The predicted octanol–water partition coefficient (Wildman–Crippen LogP) is 3.56. The van der Waals surface area contributed by atoms with Gasteiger partial charge < -0.3 is 20.3 Å². The molecule has 1 heterocycles. The molecule has 1 atom stereocenters. The number of phenols is 1. The van der Waals surface area contributed by atoms with Gasteiger partial charge in [-0.25, -0.2) is 8.42 Å². The van der Waals surface area contributed by atoms with Crippen molar-refractivity contribution in [2.75, 3.05) is 30.7 Å². The Morgan fingerprint density at radius 1 is 1.16 bits per heavy atom. The first-order chi connectivity index (χ1) is 15.3. The Bertz CT molecular complexity index is 1210. The van der Waals surface area contributed by atoms with Gasteiger partial charge in [-0.3, -0.25) is 4.72 Å². The topological polar surface area (TPSA) is 108 Å². The Morgan fingerprint density at radius 2 is 1.97 bits per heavy atom. The molecule has 0 aliphatic heterocycles. The highest BCUT2D eigenvalue weighted by molar-refractivity contribution is 7.92. The molecule has 1 unspecified atom stereocenters. The lowest BCUT2D eigenvalue weighted by Gasteiger charge is -2.15. The standard InChI is InChI=1S/C23H28N2O5S2/c1-32(28,29)25-19-12-15(6-9-20(19)26)21(27)14-24-10-11-30-16-7-8-18-17-4-2-3-5-22(17)31-23(18)13-16/h6-9,12-13,21,24-27H,2-5,10-11,14H2,1H3. The van der Waals surface area contributed by atoms with Gasteiger partial charge in [-0.15, -0.1) is 11.3 Å². The summed E-state index contributed by atoms with van der Waals surface area (Å²) in [7, 11) is -3.53. The van der Waals surface area contributed by atoms with Crippen molar-refractivity contribution in [2.24, 2.45) is 0 Å². The lowest BCUT2D eigenvalue weighted by Crippen LogP contribution is -2.26. The number of aliphatic hydroxyl groups is 1. The van der Waals surface area contributed by atoms with Gasteiger partial charge in [-0.2, -0.15) is 0 Å². The molecule has 0 bridgehead atoms. The predicted molar refractivity (Wildman–Crippen MR) is 128 cm³/mol. The number of ether oxygens (including phenoxy) is 1. The summed E-state index contributed by atoms with van der Waals surface area (Å²) in [5.74, 6) is 0.643. The van der Waals surface area contributed by atoms with E-state index in [2.05, 4.69) is 22.2 Å². The van der Waals surface area contributed by atoms with Gasteiger partial charge in [0, 0.05) is 22.7 Å². The van der Waals surface area contributed by atoms with E-state index in [1.807, 2.05) is 17.4 Å². The summed E-state index contributed by atoms with van der Waals surface area (Å²) in [5, 5.41) is 24.7. The minimum absolute atomic E-state index is 0.0398. The van der Waals surface area contributed by atoms with Crippen LogP contribution in [0.3, 0.4) is 0 Å². The maximum absolute atomic E-state index is 11.4. The summed E-state index contributed by atoms with van der Waals surface area (Å²) >= 11 is 1.88. The number of aliphatic hydroxyl groups excluding tert-OH is 1. The van der Waals surface area contributed by atoms with Crippen LogP contribution in [0, 0.1) is 0 Å². The molecule has 7 nitrogen and oxygen atoms in total. The van der Waals surface area contributed by atoms with E-state index >= 15 is 0 Å². The van der Waals surface area contributed by atoms with Gasteiger partial charge in [0.2, 0.25) is 10.0 Å². The van der Waals surface area contributed by atoms with Crippen LogP contribution in [0.15, 0.2) is 36.4 Å². The second kappa shape index (κ2) is 9.66. The molecule has 4 N–H and O–H groups in total. The van der Waals surface area contributed by atoms with Gasteiger partial charge in [0.1, 0.15) is 18.1 Å². The molecular formula is C23H28N2O5S2. The molecule has 0 saturated carbocycles. The fourth-order valence-corrected chi connectivity index (χ4v) is 5.86. The molecule has 0 amide bonds. The van der Waals surface area contributed by atoms with Crippen molar-refractivity contribution in [2.45, 2.75) is 31.8 Å². The Labute approximate surface area is 192 Å². The highest BCUT2D eigenvalue weighted by Gasteiger charge is 2.16. The quantitative estimate of drug-likeness (QED) is 0.278. The monoisotopic (exact) mass is 476 g/mol. The van der Waals surface area contributed by atoms with E-state index in [4.69, 9.17) is 4.74 Å². The van der Waals surface area contributed by atoms with Gasteiger partial charge in [0.25, 0.3) is 0 Å². The van der Waals surface area contributed by atoms with Crippen LogP contribution in [-0.2, 0) is 22.9 Å². The molecule has 1 aliphatic rings. The normalized spacial score (nSPS) is 14.8. The number of rotatable bonds is 9. The first-order valence-electron chi connectivity index (χ1n) is 10.7. The van der Waals surface area contributed by atoms with Crippen LogP contribution in [0.1, 0.15) is 34.9 Å². The van der Waals surface area contributed by atoms with Crippen LogP contribution in [0.2, 0.25) is 0 Å². The van der Waals surface area contributed by atoms with E-state index in [0.717, 1.165) is 12.0 Å². The summed E-state index contributed by atoms with van der Waals surface area (Å²) < 4.78 is 32.2. The lowest BCUT2D eigenvalue weighted by atomic mass is 9.96. The Morgan fingerprint density at radius 3 is 2.78 bits per heavy atom. The SMILES string of the molecule is CS(=O)(=O)Nc1cc(C(O)CNCCOc2ccc3c4c(sc3c2)CCCC4)ccc1O. The second-order valence-electron chi connectivity index (χ2n) is 8.09. The van der Waals surface area contributed by atoms with E-state index in [0.29, 0.717) is 18.7 Å². The number of sulfonamides is 1. The van der Waals surface area contributed by atoms with Crippen LogP contribution in [0.4, 0.5) is 5.69 Å². The van der Waals surface area contributed by atoms with Crippen molar-refractivity contribution < 1.29 is 23.4 Å². The zero-order chi connectivity index (χ0) is 22.7. The van der Waals surface area contributed by atoms with Gasteiger partial charge in [-0.1, -0.05) is 6.07 Å². The molecule has 3 aromatic rings. The van der Waals surface area contributed by atoms with Crippen LogP contribution >= 0.6 is 11.3 Å². The highest BCUT2D eigenvalue weighted by atomic mass is 32.2. The maximum atomic E-state index is 11.4. The first-order valence-corrected chi connectivity index (χ1v) is 13.4. The number of aryl methyl sites for hydroxylation is 2. The van der Waals surface area contributed by atoms with Crippen LogP contribution in [0.5, 0.6) is 11.5 Å². The zero-order valence-electron chi connectivity index (χ0n) is 17.9. The lowest BCUT2D eigenvalue weighted by molar-refractivity contribution is 0.172. The fourth-order valence-electron chi connectivity index (χ4n) is 3.97. The second-order valence-corrected chi connectivity index (χ2v) is 11.0. The molecule has 2 aromatic carbocycles. The van der Waals surface area contributed by atoms with Crippen molar-refractivity contribution in [1.82, 2.24) is 5.32 Å². The third-order valence-corrected chi connectivity index (χ3v) is 7.36. The third kappa shape index (κ3) is 5.53. The van der Waals surface area contributed by atoms with Crippen LogP contribution < -0.4 is 14.8 Å². The third-order valence-electron chi connectivity index (χ3n) is 5.51. The molecule has 0 saturated heterocycles. The fraction of sp³-hybridized carbons (Fsp3) is 0.391. The molecule has 0 spiro atoms. The maximum Gasteiger partial charge on any atom is 0.229 e. The Kier molecular flexibility index (Phi) is 6.90. The number of aromatic hydroxyl groups is 1. The van der Waals surface area contributed by atoms with Crippen LogP contribution in [-0.4, -0.2) is 44.6 Å². The van der Waals surface area contributed by atoms with Gasteiger partial charge in [-0.05, 0) is 72.5 Å². The van der Waals surface area contributed by atoms with Crippen molar-refractivity contribution in [3.8, 4) is 11.5 Å². The smallest absolute Gasteiger partial charge is 0.229 e. The summed E-state index contributed by atoms with van der Waals surface area (Å²) in [4.78, 5) is 1.52. The number of thiophene rings is 1. The average molecular weight is 477 g/mol. The molecule has 4 rings (SSSR count). The van der Waals surface area contributed by atoms with Crippen molar-refractivity contribution in [3.05, 3.63) is 52.4 Å². The Hall–Kier alpha value is -2.33. The molecule has 32 heavy (non-hydrogen) atoms. The van der Waals surface area contributed by atoms with Gasteiger partial charge in [0.15, 0.2) is 0 Å². The molecule has 9 heteroatoms. The Balaban J connectivity index is 1.27. The molecule has 0 radical (unpaired) electrons. The summed E-state index contributed by atoms with van der Waals surface area (Å²) in [6.45, 7) is 1.27. The van der Waals surface area contributed by atoms with Crippen molar-refractivity contribution >= 4 is 37.1 Å². The number of hydrogen-bond donors (Lipinski definition) is 4. The largest absolute Gasteiger partial charge is 0.506 e. The molecule has 172 valence electrons. The van der Waals surface area contributed by atoms with Crippen molar-refractivity contribution in [1.29, 1.82) is 0 Å². The van der Waals surface area contributed by atoms with E-state index < -0.39 is 16.1 Å². The minimum Gasteiger partial charge on any atom is -0.506 e. The summed E-state index contributed by atoms with van der Waals surface area (Å²) in [5.41, 5.74) is 2.05. The van der Waals surface area contributed by atoms with Gasteiger partial charge >= 0.3 is 0 Å². The minimum atomic E-state index is -3.53. The first kappa shape index (κ1) is 22.8. The number of hydrogen-bond acceptors (Lipinski definition) is 7. The van der Waals surface area contributed by atoms with E-state index in [1.54, 1.807) is 6.07 Å². The average Bonchev–Trinajstić information content (AvgIpc) is 3.11. The number of anilines is 1. The summed E-state index contributed by atoms with van der Waals surface area (Å²) in [6, 6.07) is 10.6. The number of nitrogens with one attached hydrogen (secondary N) is 2. The van der Waals surface area contributed by atoms with E-state index in [9.17, 15) is 18.6 Å². The van der Waals surface area contributed by atoms with Crippen molar-refractivity contribution in [3.63, 3.8) is 0 Å². The molecule has 1 aliphatic carbocycles. The molecular weight excluding hydrogens is 448 g/mol. The highest BCUT2D eigenvalue weighted by Crippen LogP contribution is 2.38. The zero-order valence-corrected chi connectivity index (χ0v) is 19.6. The van der Waals surface area contributed by atoms with E-state index in [1.165, 1.54) is 58.3 Å². The number of fused-ring (bicyclic) bond motifs is 3. The molecule has 1 aromatic heterocycles. The number of phenolic OH excluding ortho intramolecular Hbond substituents is 1. The van der Waals surface area contributed by atoms with E-state index in [-0.39, 0.29) is 18.0 Å². The summed E-state index contributed by atoms with van der Waals surface area (Å²) in [6.07, 6.45) is 5.05. The molecule has 0 fully saturated rings. The number of benzene rings is 2.